The number of hydrogen-bond donors (Lipinski definition) is 1. The van der Waals surface area contributed by atoms with Crippen molar-refractivity contribution in [3.63, 3.8) is 0 Å². The zero-order valence-corrected chi connectivity index (χ0v) is 18.8. The van der Waals surface area contributed by atoms with E-state index in [1.807, 2.05) is 53.4 Å². The number of amides is 2. The lowest BCUT2D eigenvalue weighted by atomic mass is 9.84. The Balaban J connectivity index is 1.23. The van der Waals surface area contributed by atoms with Crippen LogP contribution < -0.4 is 14.8 Å². The maximum atomic E-state index is 13.5. The number of ether oxygens (including phenoxy) is 2. The predicted octanol–water partition coefficient (Wildman–Crippen LogP) is 5.14. The molecule has 6 rings (SSSR count). The number of carbonyl (C=O) groups excluding carboxylic acids is 2. The van der Waals surface area contributed by atoms with Gasteiger partial charge in [0, 0.05) is 36.2 Å². The van der Waals surface area contributed by atoms with Crippen molar-refractivity contribution in [1.29, 1.82) is 0 Å². The fraction of sp³-hybridized carbons (Fsp3) is 0.481. The Morgan fingerprint density at radius 1 is 0.909 bits per heavy atom. The molecule has 1 N–H and O–H groups in total. The molecule has 6 nitrogen and oxygen atoms in total. The normalized spacial score (nSPS) is 26.9. The number of hydrogen-bond acceptors (Lipinski definition) is 4. The summed E-state index contributed by atoms with van der Waals surface area (Å²) in [5.41, 5.74) is 1.32. The number of anilines is 1. The molecule has 1 spiro atoms. The van der Waals surface area contributed by atoms with Gasteiger partial charge in [-0.2, -0.15) is 0 Å². The molecule has 6 heteroatoms. The highest BCUT2D eigenvalue weighted by Gasteiger charge is 2.48. The largest absolute Gasteiger partial charge is 0.448 e. The van der Waals surface area contributed by atoms with Crippen LogP contribution in [0.15, 0.2) is 48.5 Å². The molecule has 2 aromatic carbocycles. The summed E-state index contributed by atoms with van der Waals surface area (Å²) in [4.78, 5) is 28.8. The molecule has 0 radical (unpaired) electrons. The molecular formula is C27H30N2O4. The van der Waals surface area contributed by atoms with Gasteiger partial charge >= 0.3 is 0 Å². The monoisotopic (exact) mass is 446 g/mol. The van der Waals surface area contributed by atoms with Crippen LogP contribution in [0.25, 0.3) is 0 Å². The van der Waals surface area contributed by atoms with Crippen LogP contribution in [-0.2, 0) is 4.79 Å². The van der Waals surface area contributed by atoms with Crippen molar-refractivity contribution in [3.05, 3.63) is 54.1 Å². The zero-order chi connectivity index (χ0) is 22.4. The van der Waals surface area contributed by atoms with Gasteiger partial charge in [0.2, 0.25) is 5.91 Å². The number of likely N-dealkylation sites (tertiary alicyclic amines) is 1. The molecule has 0 aromatic heterocycles. The first-order valence-electron chi connectivity index (χ1n) is 12.3. The third kappa shape index (κ3) is 3.65. The molecule has 0 bridgehead atoms. The van der Waals surface area contributed by atoms with Gasteiger partial charge in [-0.3, -0.25) is 9.59 Å². The van der Waals surface area contributed by atoms with E-state index in [9.17, 15) is 9.59 Å². The quantitative estimate of drug-likeness (QED) is 0.709. The van der Waals surface area contributed by atoms with E-state index in [0.29, 0.717) is 22.9 Å². The number of nitrogens with zero attached hydrogens (tertiary/aromatic N) is 1. The number of nitrogens with one attached hydrogen (secondary N) is 1. The summed E-state index contributed by atoms with van der Waals surface area (Å²) in [6.07, 6.45) is 9.06. The molecule has 3 unspecified atom stereocenters. The number of benzene rings is 2. The molecule has 33 heavy (non-hydrogen) atoms. The minimum absolute atomic E-state index is 0.0426. The van der Waals surface area contributed by atoms with Crippen molar-refractivity contribution in [2.75, 3.05) is 5.32 Å². The molecule has 2 saturated carbocycles. The van der Waals surface area contributed by atoms with Crippen molar-refractivity contribution in [2.24, 2.45) is 5.92 Å². The maximum Gasteiger partial charge on any atom is 0.254 e. The molecule has 172 valence electrons. The molecule has 3 fully saturated rings. The summed E-state index contributed by atoms with van der Waals surface area (Å²) >= 11 is 0. The molecule has 2 aromatic rings. The summed E-state index contributed by atoms with van der Waals surface area (Å²) in [6, 6.07) is 14.6. The first-order valence-corrected chi connectivity index (χ1v) is 12.3. The van der Waals surface area contributed by atoms with E-state index in [1.165, 1.54) is 6.42 Å². The third-order valence-corrected chi connectivity index (χ3v) is 7.81. The van der Waals surface area contributed by atoms with Gasteiger partial charge in [0.15, 0.2) is 11.5 Å². The topological polar surface area (TPSA) is 67.9 Å². The molecule has 2 aliphatic heterocycles. The van der Waals surface area contributed by atoms with Crippen molar-refractivity contribution < 1.29 is 19.1 Å². The van der Waals surface area contributed by atoms with E-state index in [1.54, 1.807) is 0 Å². The number of rotatable bonds is 3. The molecule has 1 saturated heterocycles. The fourth-order valence-corrected chi connectivity index (χ4v) is 6.23. The summed E-state index contributed by atoms with van der Waals surface area (Å²) in [6.45, 7) is 0. The Bertz CT molecular complexity index is 1060. The van der Waals surface area contributed by atoms with E-state index >= 15 is 0 Å². The smallest absolute Gasteiger partial charge is 0.254 e. The molecule has 2 heterocycles. The first kappa shape index (κ1) is 20.6. The van der Waals surface area contributed by atoms with Gasteiger partial charge in [-0.15, -0.1) is 0 Å². The lowest BCUT2D eigenvalue weighted by Gasteiger charge is -2.33. The van der Waals surface area contributed by atoms with Crippen molar-refractivity contribution in [2.45, 2.75) is 75.7 Å². The minimum atomic E-state index is -0.523. The Morgan fingerprint density at radius 2 is 1.67 bits per heavy atom. The zero-order valence-electron chi connectivity index (χ0n) is 18.8. The maximum absolute atomic E-state index is 13.5. The van der Waals surface area contributed by atoms with Crippen LogP contribution in [0.3, 0.4) is 0 Å². The van der Waals surface area contributed by atoms with Gasteiger partial charge in [-0.25, -0.2) is 0 Å². The third-order valence-electron chi connectivity index (χ3n) is 7.81. The van der Waals surface area contributed by atoms with E-state index in [2.05, 4.69) is 5.32 Å². The highest BCUT2D eigenvalue weighted by Crippen LogP contribution is 2.47. The summed E-state index contributed by atoms with van der Waals surface area (Å²) in [5.74, 6) is 1.13. The molecule has 3 atom stereocenters. The van der Waals surface area contributed by atoms with Crippen LogP contribution in [-0.4, -0.2) is 34.6 Å². The fourth-order valence-electron chi connectivity index (χ4n) is 6.23. The van der Waals surface area contributed by atoms with Crippen LogP contribution in [0.5, 0.6) is 11.5 Å². The summed E-state index contributed by atoms with van der Waals surface area (Å²) in [5, 5.41) is 3.07. The second-order valence-corrected chi connectivity index (χ2v) is 9.91. The van der Waals surface area contributed by atoms with Gasteiger partial charge in [-0.1, -0.05) is 31.0 Å². The number of fused-ring (bicyclic) bond motifs is 2. The molecular weight excluding hydrogens is 416 g/mol. The van der Waals surface area contributed by atoms with Crippen LogP contribution in [0.1, 0.15) is 68.1 Å². The highest BCUT2D eigenvalue weighted by atomic mass is 16.7. The van der Waals surface area contributed by atoms with Crippen LogP contribution in [0, 0.1) is 5.92 Å². The second-order valence-electron chi connectivity index (χ2n) is 9.91. The molecule has 2 amide bonds. The van der Waals surface area contributed by atoms with E-state index < -0.39 is 11.8 Å². The standard InChI is InChI=1S/C27H30N2O4/c30-25(28-20-12-13-23-24(17-20)33-27(32-23)14-6-7-15-27)22-16-19-10-4-5-11-21(19)29(22)26(31)18-8-2-1-3-9-18/h1-3,8-9,12-13,17,19,21-22H,4-7,10-11,14-16H2,(H,28,30). The lowest BCUT2D eigenvalue weighted by Crippen LogP contribution is -2.47. The first-order chi connectivity index (χ1) is 16.1. The van der Waals surface area contributed by atoms with E-state index in [-0.39, 0.29) is 17.9 Å². The number of carbonyl (C=O) groups is 2. The Hall–Kier alpha value is -3.02. The SMILES string of the molecule is O=C(Nc1ccc2c(c1)OC1(CCCC1)O2)C1CC2CCCCC2N1C(=O)c1ccccc1. The Kier molecular flexibility index (Phi) is 5.04. The van der Waals surface area contributed by atoms with Crippen LogP contribution in [0.2, 0.25) is 0 Å². The molecule has 4 aliphatic rings. The minimum Gasteiger partial charge on any atom is -0.448 e. The van der Waals surface area contributed by atoms with E-state index in [4.69, 9.17) is 9.47 Å². The van der Waals surface area contributed by atoms with Gasteiger partial charge < -0.3 is 19.7 Å². The molecule has 2 aliphatic carbocycles. The van der Waals surface area contributed by atoms with Gasteiger partial charge in [0.25, 0.3) is 11.7 Å². The Morgan fingerprint density at radius 3 is 2.48 bits per heavy atom. The lowest BCUT2D eigenvalue weighted by molar-refractivity contribution is -0.120. The highest BCUT2D eigenvalue weighted by molar-refractivity contribution is 6.02. The Labute approximate surface area is 194 Å². The van der Waals surface area contributed by atoms with Gasteiger partial charge in [0.1, 0.15) is 6.04 Å². The van der Waals surface area contributed by atoms with Crippen molar-refractivity contribution in [3.8, 4) is 11.5 Å². The van der Waals surface area contributed by atoms with Gasteiger partial charge in [0.05, 0.1) is 0 Å². The summed E-state index contributed by atoms with van der Waals surface area (Å²) in [7, 11) is 0. The van der Waals surface area contributed by atoms with Crippen LogP contribution >= 0.6 is 0 Å². The van der Waals surface area contributed by atoms with Crippen molar-refractivity contribution >= 4 is 17.5 Å². The van der Waals surface area contributed by atoms with Crippen LogP contribution in [0.4, 0.5) is 5.69 Å². The predicted molar refractivity (Wildman–Crippen MR) is 124 cm³/mol. The van der Waals surface area contributed by atoms with Gasteiger partial charge in [-0.05, 0) is 62.3 Å². The second kappa shape index (κ2) is 8.08. The van der Waals surface area contributed by atoms with E-state index in [0.717, 1.165) is 57.1 Å². The summed E-state index contributed by atoms with van der Waals surface area (Å²) < 4.78 is 12.2. The average molecular weight is 447 g/mol. The average Bonchev–Trinajstić information content (AvgIpc) is 3.55. The van der Waals surface area contributed by atoms with Crippen molar-refractivity contribution in [1.82, 2.24) is 4.90 Å².